The van der Waals surface area contributed by atoms with Crippen molar-refractivity contribution < 1.29 is 9.59 Å². The Hall–Kier alpha value is -2.77. The molecule has 0 unspecified atom stereocenters. The number of aromatic nitrogens is 4. The van der Waals surface area contributed by atoms with E-state index in [1.165, 1.54) is 0 Å². The lowest BCUT2D eigenvalue weighted by atomic mass is 10.1. The second kappa shape index (κ2) is 7.67. The van der Waals surface area contributed by atoms with Crippen LogP contribution in [0.5, 0.6) is 0 Å². The number of benzene rings is 1. The highest BCUT2D eigenvalue weighted by Gasteiger charge is 2.24. The predicted octanol–water partition coefficient (Wildman–Crippen LogP) is 0.808. The fraction of sp³-hybridized carbons (Fsp3) is 0.438. The number of carbonyl (C=O) groups is 2. The molecule has 0 radical (unpaired) electrons. The molecule has 0 saturated carbocycles. The third kappa shape index (κ3) is 3.95. The molecular formula is C16H20N6O2. The Morgan fingerprint density at radius 3 is 2.83 bits per heavy atom. The number of hydrogen-bond donors (Lipinski definition) is 2. The molecule has 0 aliphatic carbocycles. The molecule has 8 nitrogen and oxygen atoms in total. The zero-order valence-corrected chi connectivity index (χ0v) is 13.3. The number of H-pyrrole nitrogens is 1. The Bertz CT molecular complexity index is 673. The van der Waals surface area contributed by atoms with Gasteiger partial charge in [-0.25, -0.2) is 0 Å². The molecule has 1 aromatic heterocycles. The lowest BCUT2D eigenvalue weighted by Gasteiger charge is -2.22. The van der Waals surface area contributed by atoms with Crippen LogP contribution in [0.4, 0.5) is 0 Å². The van der Waals surface area contributed by atoms with E-state index < -0.39 is 6.04 Å². The van der Waals surface area contributed by atoms with E-state index in [0.29, 0.717) is 18.8 Å². The normalized spacial score (nSPS) is 16.5. The Kier molecular flexibility index (Phi) is 5.15. The van der Waals surface area contributed by atoms with E-state index in [1.807, 2.05) is 30.3 Å². The molecule has 1 fully saturated rings. The molecular weight excluding hydrogens is 308 g/mol. The van der Waals surface area contributed by atoms with Crippen LogP contribution < -0.4 is 5.32 Å². The Morgan fingerprint density at radius 2 is 2.08 bits per heavy atom. The van der Waals surface area contributed by atoms with Crippen LogP contribution in [-0.4, -0.2) is 50.4 Å². The summed E-state index contributed by atoms with van der Waals surface area (Å²) in [5.74, 6) is 0.194. The molecule has 126 valence electrons. The maximum atomic E-state index is 12.5. The summed E-state index contributed by atoms with van der Waals surface area (Å²) < 4.78 is 0. The minimum atomic E-state index is -0.500. The maximum Gasteiger partial charge on any atom is 0.240 e. The van der Waals surface area contributed by atoms with Crippen molar-refractivity contribution in [2.75, 3.05) is 13.1 Å². The van der Waals surface area contributed by atoms with Crippen molar-refractivity contribution in [1.29, 1.82) is 0 Å². The van der Waals surface area contributed by atoms with Crippen molar-refractivity contribution in [3.05, 3.63) is 41.7 Å². The van der Waals surface area contributed by atoms with Crippen LogP contribution in [0, 0.1) is 0 Å². The second-order valence-electron chi connectivity index (χ2n) is 5.81. The van der Waals surface area contributed by atoms with Crippen LogP contribution in [0.15, 0.2) is 30.3 Å². The van der Waals surface area contributed by atoms with E-state index in [2.05, 4.69) is 25.9 Å². The standard InChI is InChI=1S/C16H20N6O2/c23-13(11-22-10-6-2-5-9-14(22)24)17-15(16-18-20-21-19-16)12-7-3-1-4-8-12/h1,3-4,7-8,15H,2,5-6,9-11H2,(H,17,23)(H,18,19,20,21)/t15-/m1/s1. The van der Waals surface area contributed by atoms with Crippen LogP contribution in [0.2, 0.25) is 0 Å². The molecule has 8 heteroatoms. The smallest absolute Gasteiger partial charge is 0.240 e. The van der Waals surface area contributed by atoms with Gasteiger partial charge in [-0.15, -0.1) is 10.2 Å². The highest BCUT2D eigenvalue weighted by atomic mass is 16.2. The van der Waals surface area contributed by atoms with Gasteiger partial charge in [0.25, 0.3) is 0 Å². The number of tetrazole rings is 1. The average molecular weight is 328 g/mol. The lowest BCUT2D eigenvalue weighted by Crippen LogP contribution is -2.42. The van der Waals surface area contributed by atoms with E-state index in [4.69, 9.17) is 0 Å². The van der Waals surface area contributed by atoms with Crippen molar-refractivity contribution in [2.24, 2.45) is 0 Å². The first-order valence-corrected chi connectivity index (χ1v) is 8.09. The Balaban J connectivity index is 1.70. The van der Waals surface area contributed by atoms with Gasteiger partial charge in [-0.2, -0.15) is 5.21 Å². The quantitative estimate of drug-likeness (QED) is 0.845. The summed E-state index contributed by atoms with van der Waals surface area (Å²) >= 11 is 0. The zero-order valence-electron chi connectivity index (χ0n) is 13.3. The minimum absolute atomic E-state index is 0.0403. The van der Waals surface area contributed by atoms with Gasteiger partial charge in [-0.3, -0.25) is 9.59 Å². The van der Waals surface area contributed by atoms with Crippen molar-refractivity contribution in [3.63, 3.8) is 0 Å². The summed E-state index contributed by atoms with van der Waals surface area (Å²) in [6.45, 7) is 0.685. The summed E-state index contributed by atoms with van der Waals surface area (Å²) in [6, 6.07) is 8.94. The van der Waals surface area contributed by atoms with Gasteiger partial charge in [0.2, 0.25) is 17.6 Å². The number of carbonyl (C=O) groups excluding carboxylic acids is 2. The molecule has 1 atom stereocenters. The molecule has 24 heavy (non-hydrogen) atoms. The van der Waals surface area contributed by atoms with Gasteiger partial charge in [0, 0.05) is 13.0 Å². The Morgan fingerprint density at radius 1 is 1.25 bits per heavy atom. The van der Waals surface area contributed by atoms with Gasteiger partial charge in [-0.05, 0) is 18.4 Å². The van der Waals surface area contributed by atoms with Gasteiger partial charge >= 0.3 is 0 Å². The van der Waals surface area contributed by atoms with Crippen molar-refractivity contribution >= 4 is 11.8 Å². The van der Waals surface area contributed by atoms with Gasteiger partial charge in [0.15, 0.2) is 0 Å². The van der Waals surface area contributed by atoms with E-state index in [-0.39, 0.29) is 18.4 Å². The van der Waals surface area contributed by atoms with Crippen LogP contribution in [0.25, 0.3) is 0 Å². The van der Waals surface area contributed by atoms with Gasteiger partial charge in [0.05, 0.1) is 6.54 Å². The lowest BCUT2D eigenvalue weighted by molar-refractivity contribution is -0.135. The van der Waals surface area contributed by atoms with Gasteiger partial charge in [-0.1, -0.05) is 42.0 Å². The molecule has 3 rings (SSSR count). The molecule has 1 aliphatic rings. The monoisotopic (exact) mass is 328 g/mol. The minimum Gasteiger partial charge on any atom is -0.340 e. The zero-order chi connectivity index (χ0) is 16.8. The molecule has 2 heterocycles. The van der Waals surface area contributed by atoms with Gasteiger partial charge < -0.3 is 10.2 Å². The van der Waals surface area contributed by atoms with E-state index in [9.17, 15) is 9.59 Å². The highest BCUT2D eigenvalue weighted by molar-refractivity contribution is 5.85. The summed E-state index contributed by atoms with van der Waals surface area (Å²) in [4.78, 5) is 26.1. The summed E-state index contributed by atoms with van der Waals surface area (Å²) in [6.07, 6.45) is 3.37. The number of nitrogens with one attached hydrogen (secondary N) is 2. The first kappa shape index (κ1) is 16.1. The summed E-state index contributed by atoms with van der Waals surface area (Å²) in [5, 5.41) is 16.8. The topological polar surface area (TPSA) is 104 Å². The second-order valence-corrected chi connectivity index (χ2v) is 5.81. The molecule has 2 N–H and O–H groups in total. The fourth-order valence-corrected chi connectivity index (χ4v) is 2.82. The number of amides is 2. The SMILES string of the molecule is O=C(CN1CCCCCC1=O)N[C@H](c1ccccc1)c1nn[nH]n1. The van der Waals surface area contributed by atoms with Crippen molar-refractivity contribution in [1.82, 2.24) is 30.8 Å². The highest BCUT2D eigenvalue weighted by Crippen LogP contribution is 2.18. The third-order valence-corrected chi connectivity index (χ3v) is 4.06. The van der Waals surface area contributed by atoms with Gasteiger partial charge in [0.1, 0.15) is 6.04 Å². The van der Waals surface area contributed by atoms with Crippen molar-refractivity contribution in [3.8, 4) is 0 Å². The van der Waals surface area contributed by atoms with E-state index >= 15 is 0 Å². The third-order valence-electron chi connectivity index (χ3n) is 4.06. The number of likely N-dealkylation sites (tertiary alicyclic amines) is 1. The predicted molar refractivity (Wildman–Crippen MR) is 85.7 cm³/mol. The van der Waals surface area contributed by atoms with E-state index in [1.54, 1.807) is 4.90 Å². The van der Waals surface area contributed by atoms with Crippen molar-refractivity contribution in [2.45, 2.75) is 31.7 Å². The number of nitrogens with zero attached hydrogens (tertiary/aromatic N) is 4. The number of hydrogen-bond acceptors (Lipinski definition) is 5. The van der Waals surface area contributed by atoms with Crippen LogP contribution in [-0.2, 0) is 9.59 Å². The molecule has 0 spiro atoms. The number of aromatic amines is 1. The van der Waals surface area contributed by atoms with Crippen LogP contribution in [0.1, 0.15) is 43.1 Å². The first-order valence-electron chi connectivity index (χ1n) is 8.09. The molecule has 0 bridgehead atoms. The molecule has 1 saturated heterocycles. The average Bonchev–Trinajstić information content (AvgIpc) is 3.06. The molecule has 1 aliphatic heterocycles. The number of rotatable bonds is 5. The molecule has 2 aromatic rings. The Labute approximate surface area is 139 Å². The fourth-order valence-electron chi connectivity index (χ4n) is 2.82. The van der Waals surface area contributed by atoms with Crippen LogP contribution in [0.3, 0.4) is 0 Å². The molecule has 2 amide bonds. The van der Waals surface area contributed by atoms with E-state index in [0.717, 1.165) is 24.8 Å². The first-order chi connectivity index (χ1) is 11.7. The van der Waals surface area contributed by atoms with Crippen LogP contribution >= 0.6 is 0 Å². The maximum absolute atomic E-state index is 12.5. The summed E-state index contributed by atoms with van der Waals surface area (Å²) in [5.41, 5.74) is 0.856. The largest absolute Gasteiger partial charge is 0.340 e. The summed E-state index contributed by atoms with van der Waals surface area (Å²) in [7, 11) is 0. The molecule has 1 aromatic carbocycles.